The monoisotopic (exact) mass is 711 g/mol. The fourth-order valence-electron chi connectivity index (χ4n) is 4.11. The molecule has 47 heavy (non-hydrogen) atoms. The number of hydrogen-bond acceptors (Lipinski definition) is 13. The first-order valence-corrected chi connectivity index (χ1v) is 17.8. The average molecular weight is 712 g/mol. The van der Waals surface area contributed by atoms with Crippen molar-refractivity contribution in [2.45, 2.75) is 29.7 Å². The number of aliphatic carboxylic acids is 1. The molecule has 4 rings (SSSR count). The van der Waals surface area contributed by atoms with E-state index in [-0.39, 0.29) is 42.1 Å². The van der Waals surface area contributed by atoms with Gasteiger partial charge in [-0.15, -0.1) is 16.4 Å². The summed E-state index contributed by atoms with van der Waals surface area (Å²) >= 11 is 2.34. The summed E-state index contributed by atoms with van der Waals surface area (Å²) in [5, 5.41) is 22.8. The molecule has 1 atom stereocenters. The lowest BCUT2D eigenvalue weighted by atomic mass is 10.1. The molecular weight excluding hydrogens is 678 g/mol. The van der Waals surface area contributed by atoms with Crippen LogP contribution in [0.4, 0.5) is 4.39 Å². The Balaban J connectivity index is 1.18. The van der Waals surface area contributed by atoms with Gasteiger partial charge in [-0.25, -0.2) is 27.6 Å². The quantitative estimate of drug-likeness (QED) is 0.113. The summed E-state index contributed by atoms with van der Waals surface area (Å²) in [5.74, 6) is -0.351. The number of ether oxygens (including phenoxy) is 4. The van der Waals surface area contributed by atoms with Crippen molar-refractivity contribution in [3.63, 3.8) is 0 Å². The molecular formula is C29H34FN5O9S3. The minimum absolute atomic E-state index is 0.0347. The number of primary sulfonamides is 1. The van der Waals surface area contributed by atoms with Crippen molar-refractivity contribution in [3.05, 3.63) is 59.9 Å². The summed E-state index contributed by atoms with van der Waals surface area (Å²) in [7, 11) is -3.91. The summed E-state index contributed by atoms with van der Waals surface area (Å²) in [6.45, 7) is 0.788. The van der Waals surface area contributed by atoms with E-state index in [2.05, 4.69) is 15.3 Å². The Labute approximate surface area is 278 Å². The number of sulfonamides is 1. The zero-order valence-corrected chi connectivity index (χ0v) is 27.6. The van der Waals surface area contributed by atoms with E-state index in [9.17, 15) is 27.5 Å². The molecule has 0 saturated carbocycles. The molecule has 0 fully saturated rings. The number of benzene rings is 2. The second kappa shape index (κ2) is 18.0. The first-order valence-electron chi connectivity index (χ1n) is 14.3. The van der Waals surface area contributed by atoms with Crippen molar-refractivity contribution < 1.29 is 46.5 Å². The SMILES string of the molecule is NS(=O)(=O)c1nc2ccc(OCc3cn(CC(=O)C[C@H](CSCc4cccc(OCCOCCOCCF)c4)C(=O)O)nn3)cc2s1. The van der Waals surface area contributed by atoms with Gasteiger partial charge in [-0.2, -0.15) is 11.8 Å². The van der Waals surface area contributed by atoms with E-state index in [0.717, 1.165) is 16.9 Å². The largest absolute Gasteiger partial charge is 0.491 e. The lowest BCUT2D eigenvalue weighted by Crippen LogP contribution is -2.23. The third-order valence-electron chi connectivity index (χ3n) is 6.29. The Morgan fingerprint density at radius 3 is 2.57 bits per heavy atom. The van der Waals surface area contributed by atoms with Crippen molar-refractivity contribution in [2.24, 2.45) is 11.1 Å². The van der Waals surface area contributed by atoms with Gasteiger partial charge in [0, 0.05) is 17.9 Å². The van der Waals surface area contributed by atoms with Crippen LogP contribution in [-0.4, -0.2) is 90.7 Å². The van der Waals surface area contributed by atoms with E-state index in [4.69, 9.17) is 24.1 Å². The minimum Gasteiger partial charge on any atom is -0.491 e. The second-order valence-electron chi connectivity index (χ2n) is 10.1. The van der Waals surface area contributed by atoms with Gasteiger partial charge in [0.2, 0.25) is 4.34 Å². The number of nitrogens with two attached hydrogens (primary N) is 1. The number of carbonyl (C=O) groups is 2. The molecule has 2 heterocycles. The summed E-state index contributed by atoms with van der Waals surface area (Å²) in [6, 6.07) is 12.3. The Kier molecular flexibility index (Phi) is 13.9. The van der Waals surface area contributed by atoms with Gasteiger partial charge in [0.05, 0.1) is 48.8 Å². The number of hydrogen-bond donors (Lipinski definition) is 2. The van der Waals surface area contributed by atoms with Crippen LogP contribution >= 0.6 is 23.1 Å². The first-order chi connectivity index (χ1) is 22.6. The maximum Gasteiger partial charge on any atom is 0.307 e. The third kappa shape index (κ3) is 12.1. The van der Waals surface area contributed by atoms with E-state index in [1.54, 1.807) is 18.2 Å². The molecule has 0 unspecified atom stereocenters. The number of Topliss-reactive ketones (excluding diaryl/α,β-unsaturated/α-hetero) is 1. The van der Waals surface area contributed by atoms with Crippen molar-refractivity contribution in [3.8, 4) is 11.5 Å². The Morgan fingerprint density at radius 1 is 1.04 bits per heavy atom. The van der Waals surface area contributed by atoms with Crippen LogP contribution in [-0.2, 0) is 48.0 Å². The Hall–Kier alpha value is -3.68. The van der Waals surface area contributed by atoms with Gasteiger partial charge in [0.1, 0.15) is 43.6 Å². The van der Waals surface area contributed by atoms with Crippen LogP contribution in [0, 0.1) is 5.92 Å². The summed E-state index contributed by atoms with van der Waals surface area (Å²) < 4.78 is 58.6. The van der Waals surface area contributed by atoms with Crippen LogP contribution in [0.3, 0.4) is 0 Å². The topological polar surface area (TPSA) is 195 Å². The van der Waals surface area contributed by atoms with Crippen molar-refractivity contribution in [2.75, 3.05) is 45.5 Å². The summed E-state index contributed by atoms with van der Waals surface area (Å²) in [4.78, 5) is 28.6. The van der Waals surface area contributed by atoms with Gasteiger partial charge in [0.15, 0.2) is 5.78 Å². The normalized spacial score (nSPS) is 12.3. The number of thiazole rings is 1. The number of carbonyl (C=O) groups excluding carboxylic acids is 1. The highest BCUT2D eigenvalue weighted by Gasteiger charge is 2.22. The zero-order valence-electron chi connectivity index (χ0n) is 25.2. The van der Waals surface area contributed by atoms with Crippen LogP contribution in [0.5, 0.6) is 11.5 Å². The zero-order chi connectivity index (χ0) is 33.6. The maximum atomic E-state index is 12.7. The molecule has 0 aliphatic rings. The molecule has 3 N–H and O–H groups in total. The Morgan fingerprint density at radius 2 is 1.81 bits per heavy atom. The molecule has 0 radical (unpaired) electrons. The maximum absolute atomic E-state index is 12.7. The lowest BCUT2D eigenvalue weighted by molar-refractivity contribution is -0.143. The molecule has 0 aliphatic heterocycles. The highest BCUT2D eigenvalue weighted by Crippen LogP contribution is 2.28. The number of carboxylic acids is 1. The molecule has 2 aromatic heterocycles. The molecule has 2 aromatic carbocycles. The number of rotatable bonds is 22. The molecule has 4 aromatic rings. The lowest BCUT2D eigenvalue weighted by Gasteiger charge is -2.12. The smallest absolute Gasteiger partial charge is 0.307 e. The molecule has 0 spiro atoms. The van der Waals surface area contributed by atoms with Gasteiger partial charge < -0.3 is 24.1 Å². The van der Waals surface area contributed by atoms with Crippen LogP contribution < -0.4 is 14.6 Å². The van der Waals surface area contributed by atoms with Crippen molar-refractivity contribution in [1.29, 1.82) is 0 Å². The fraction of sp³-hybridized carbons (Fsp3) is 0.414. The minimum atomic E-state index is -3.91. The van der Waals surface area contributed by atoms with Crippen LogP contribution in [0.15, 0.2) is 53.0 Å². The molecule has 0 saturated heterocycles. The molecule has 0 amide bonds. The Bertz CT molecular complexity index is 1730. The molecule has 0 aliphatic carbocycles. The highest BCUT2D eigenvalue weighted by atomic mass is 32.2. The number of thioether (sulfide) groups is 1. The summed E-state index contributed by atoms with van der Waals surface area (Å²) in [5.41, 5.74) is 1.86. The van der Waals surface area contributed by atoms with Gasteiger partial charge in [-0.05, 0) is 35.9 Å². The third-order valence-corrected chi connectivity index (χ3v) is 9.81. The predicted octanol–water partition coefficient (Wildman–Crippen LogP) is 3.09. The number of carboxylic acid groups (broad SMARTS) is 1. The molecule has 254 valence electrons. The number of aromatic nitrogens is 4. The van der Waals surface area contributed by atoms with Crippen LogP contribution in [0.1, 0.15) is 17.7 Å². The van der Waals surface area contributed by atoms with E-state index in [1.165, 1.54) is 22.6 Å². The van der Waals surface area contributed by atoms with Gasteiger partial charge in [-0.1, -0.05) is 17.3 Å². The standard InChI is InChI=1S/C29H34FN5O9S3/c30-6-7-41-8-9-42-10-11-43-24-3-1-2-20(12-24)18-45-19-21(28(37)38)13-23(36)16-35-15-22(33-34-35)17-44-25-4-5-26-27(14-25)46-29(32-26)47(31,39)40/h1-5,12,14-15,21H,6-11,13,16-19H2,(H,37,38)(H2,31,39,40)/t21-/m1/s1. The van der Waals surface area contributed by atoms with Crippen LogP contribution in [0.2, 0.25) is 0 Å². The second-order valence-corrected chi connectivity index (χ2v) is 13.8. The fourth-order valence-corrected chi connectivity index (χ4v) is 6.87. The van der Waals surface area contributed by atoms with Gasteiger partial charge in [-0.3, -0.25) is 9.59 Å². The highest BCUT2D eigenvalue weighted by molar-refractivity contribution is 7.98. The average Bonchev–Trinajstić information content (AvgIpc) is 3.67. The van der Waals surface area contributed by atoms with Gasteiger partial charge >= 0.3 is 5.97 Å². The first kappa shape index (κ1) is 36.2. The predicted molar refractivity (Wildman–Crippen MR) is 172 cm³/mol. The van der Waals surface area contributed by atoms with Crippen molar-refractivity contribution >= 4 is 55.1 Å². The van der Waals surface area contributed by atoms with E-state index in [0.29, 0.717) is 59.6 Å². The summed E-state index contributed by atoms with van der Waals surface area (Å²) in [6.07, 6.45) is 1.38. The molecule has 0 bridgehead atoms. The van der Waals surface area contributed by atoms with Crippen LogP contribution in [0.25, 0.3) is 10.2 Å². The number of ketones is 1. The van der Waals surface area contributed by atoms with Gasteiger partial charge in [0.25, 0.3) is 10.0 Å². The van der Waals surface area contributed by atoms with E-state index >= 15 is 0 Å². The molecule has 14 nitrogen and oxygen atoms in total. The van der Waals surface area contributed by atoms with E-state index < -0.39 is 28.6 Å². The number of halogens is 1. The number of alkyl halides is 1. The molecule has 18 heteroatoms. The number of nitrogens with zero attached hydrogens (tertiary/aromatic N) is 4. The van der Waals surface area contributed by atoms with E-state index in [1.807, 2.05) is 24.3 Å². The van der Waals surface area contributed by atoms with Crippen molar-refractivity contribution in [1.82, 2.24) is 20.0 Å². The number of fused-ring (bicyclic) bond motifs is 1.